The molecule has 1 fully saturated rings. The van der Waals surface area contributed by atoms with Gasteiger partial charge in [-0.1, -0.05) is 36.4 Å². The lowest BCUT2D eigenvalue weighted by Gasteiger charge is -2.28. The minimum Gasteiger partial charge on any atom is -0.379 e. The molecule has 2 amide bonds. The van der Waals surface area contributed by atoms with E-state index in [0.29, 0.717) is 32.5 Å². The van der Waals surface area contributed by atoms with Crippen LogP contribution in [0.4, 0.5) is 0 Å². The molecule has 0 aliphatic carbocycles. The molecule has 10 nitrogen and oxygen atoms in total. The highest BCUT2D eigenvalue weighted by Gasteiger charge is 2.25. The van der Waals surface area contributed by atoms with Crippen LogP contribution in [0.5, 0.6) is 0 Å². The van der Waals surface area contributed by atoms with Crippen LogP contribution in [0.2, 0.25) is 0 Å². The summed E-state index contributed by atoms with van der Waals surface area (Å²) in [4.78, 5) is 46.7. The molecule has 43 heavy (non-hydrogen) atoms. The predicted octanol–water partition coefficient (Wildman–Crippen LogP) is 3.82. The summed E-state index contributed by atoms with van der Waals surface area (Å²) in [6.07, 6.45) is 9.05. The van der Waals surface area contributed by atoms with Gasteiger partial charge in [0.1, 0.15) is 0 Å². The minimum atomic E-state index is -0.402. The van der Waals surface area contributed by atoms with E-state index in [1.165, 1.54) is 12.4 Å². The second-order valence-electron chi connectivity index (χ2n) is 10.8. The number of carbonyl (C=O) groups excluding carboxylic acids is 2. The van der Waals surface area contributed by atoms with Gasteiger partial charge in [0.25, 0.3) is 11.8 Å². The van der Waals surface area contributed by atoms with E-state index in [1.54, 1.807) is 0 Å². The summed E-state index contributed by atoms with van der Waals surface area (Å²) in [5, 5.41) is 5.23. The quantitative estimate of drug-likeness (QED) is 0.207. The molecule has 0 unspecified atom stereocenters. The SMILES string of the molecule is O=C(NCCc1c[nH]c2ccccc12)c1nccnc1C(=O)N(CCCN1CCOCC1)CCc1c[nH]c2ccccc12. The van der Waals surface area contributed by atoms with E-state index < -0.39 is 5.91 Å². The zero-order chi connectivity index (χ0) is 29.4. The zero-order valence-corrected chi connectivity index (χ0v) is 24.2. The number of para-hydroxylation sites is 2. The average Bonchev–Trinajstić information content (AvgIpc) is 3.67. The van der Waals surface area contributed by atoms with Gasteiger partial charge >= 0.3 is 0 Å². The van der Waals surface area contributed by atoms with Gasteiger partial charge in [-0.25, -0.2) is 9.97 Å². The number of morpholine rings is 1. The van der Waals surface area contributed by atoms with Crippen molar-refractivity contribution in [3.05, 3.63) is 95.8 Å². The Hall–Kier alpha value is -4.54. The molecule has 2 aromatic carbocycles. The van der Waals surface area contributed by atoms with Gasteiger partial charge in [0.2, 0.25) is 0 Å². The summed E-state index contributed by atoms with van der Waals surface area (Å²) in [5.41, 5.74) is 4.54. The number of ether oxygens (including phenoxy) is 1. The first-order valence-electron chi connectivity index (χ1n) is 15.0. The van der Waals surface area contributed by atoms with Gasteiger partial charge in [-0.3, -0.25) is 14.5 Å². The van der Waals surface area contributed by atoms with E-state index in [1.807, 2.05) is 53.7 Å². The van der Waals surface area contributed by atoms with Crippen LogP contribution in [0.3, 0.4) is 0 Å². The first kappa shape index (κ1) is 28.6. The van der Waals surface area contributed by atoms with Gasteiger partial charge in [-0.05, 0) is 42.5 Å². The number of hydrogen-bond donors (Lipinski definition) is 3. The summed E-state index contributed by atoms with van der Waals surface area (Å²) < 4.78 is 5.48. The van der Waals surface area contributed by atoms with Crippen LogP contribution in [0, 0.1) is 0 Å². The Labute approximate surface area is 250 Å². The third kappa shape index (κ3) is 6.76. The molecule has 6 rings (SSSR count). The van der Waals surface area contributed by atoms with Crippen molar-refractivity contribution in [2.24, 2.45) is 0 Å². The van der Waals surface area contributed by atoms with E-state index in [4.69, 9.17) is 4.74 Å². The van der Waals surface area contributed by atoms with E-state index in [-0.39, 0.29) is 17.3 Å². The van der Waals surface area contributed by atoms with Gasteiger partial charge in [-0.2, -0.15) is 0 Å². The highest BCUT2D eigenvalue weighted by atomic mass is 16.5. The number of benzene rings is 2. The topological polar surface area (TPSA) is 119 Å². The number of carbonyl (C=O) groups is 2. The van der Waals surface area contributed by atoms with Crippen molar-refractivity contribution in [2.75, 3.05) is 52.5 Å². The molecule has 222 valence electrons. The summed E-state index contributed by atoms with van der Waals surface area (Å²) in [5.74, 6) is -0.683. The van der Waals surface area contributed by atoms with E-state index >= 15 is 0 Å². The lowest BCUT2D eigenvalue weighted by atomic mass is 10.1. The Morgan fingerprint density at radius 1 is 0.837 bits per heavy atom. The highest BCUT2D eigenvalue weighted by Crippen LogP contribution is 2.20. The van der Waals surface area contributed by atoms with Crippen molar-refractivity contribution in [3.63, 3.8) is 0 Å². The molecule has 3 N–H and O–H groups in total. The molecule has 5 aromatic rings. The van der Waals surface area contributed by atoms with Gasteiger partial charge in [0, 0.05) is 85.9 Å². The number of H-pyrrole nitrogens is 2. The summed E-state index contributed by atoms with van der Waals surface area (Å²) >= 11 is 0. The summed E-state index contributed by atoms with van der Waals surface area (Å²) in [6, 6.07) is 16.2. The van der Waals surface area contributed by atoms with Crippen LogP contribution >= 0.6 is 0 Å². The molecule has 3 aromatic heterocycles. The number of rotatable bonds is 12. The molecule has 4 heterocycles. The molecule has 1 saturated heterocycles. The van der Waals surface area contributed by atoms with Crippen LogP contribution < -0.4 is 5.32 Å². The molecule has 0 bridgehead atoms. The second-order valence-corrected chi connectivity index (χ2v) is 10.8. The Morgan fingerprint density at radius 3 is 2.16 bits per heavy atom. The fourth-order valence-corrected chi connectivity index (χ4v) is 5.76. The molecule has 0 spiro atoms. The molecule has 10 heteroatoms. The lowest BCUT2D eigenvalue weighted by Crippen LogP contribution is -2.40. The van der Waals surface area contributed by atoms with Gasteiger partial charge in [0.05, 0.1) is 13.2 Å². The van der Waals surface area contributed by atoms with Crippen LogP contribution in [0.15, 0.2) is 73.3 Å². The smallest absolute Gasteiger partial charge is 0.274 e. The Balaban J connectivity index is 1.14. The standard InChI is InChI=1S/C33H37N7O3/c41-32(36-12-10-24-22-37-28-8-3-1-6-26(24)28)30-31(35-14-13-34-30)33(42)40(16-5-15-39-18-20-43-21-19-39)17-11-25-23-38-29-9-4-2-7-27(25)29/h1-4,6-9,13-14,22-23,37-38H,5,10-12,15-21H2,(H,36,41). The maximum Gasteiger partial charge on any atom is 0.274 e. The number of nitrogens with zero attached hydrogens (tertiary/aromatic N) is 4. The van der Waals surface area contributed by atoms with Crippen molar-refractivity contribution in [1.29, 1.82) is 0 Å². The predicted molar refractivity (Wildman–Crippen MR) is 166 cm³/mol. The number of hydrogen-bond acceptors (Lipinski definition) is 6. The summed E-state index contributed by atoms with van der Waals surface area (Å²) in [7, 11) is 0. The zero-order valence-electron chi connectivity index (χ0n) is 24.2. The largest absolute Gasteiger partial charge is 0.379 e. The highest BCUT2D eigenvalue weighted by molar-refractivity contribution is 6.04. The monoisotopic (exact) mass is 579 g/mol. The number of fused-ring (bicyclic) bond motifs is 2. The van der Waals surface area contributed by atoms with Crippen molar-refractivity contribution in [1.82, 2.24) is 35.1 Å². The van der Waals surface area contributed by atoms with Crippen LogP contribution in [0.1, 0.15) is 38.5 Å². The fourth-order valence-electron chi connectivity index (χ4n) is 5.76. The number of amides is 2. The van der Waals surface area contributed by atoms with Crippen molar-refractivity contribution < 1.29 is 14.3 Å². The van der Waals surface area contributed by atoms with E-state index in [9.17, 15) is 9.59 Å². The molecular formula is C33H37N7O3. The van der Waals surface area contributed by atoms with Gasteiger partial charge in [0.15, 0.2) is 11.4 Å². The number of aromatic amines is 2. The third-order valence-corrected chi connectivity index (χ3v) is 8.09. The number of aromatic nitrogens is 4. The van der Waals surface area contributed by atoms with E-state index in [2.05, 4.69) is 42.3 Å². The normalized spacial score (nSPS) is 13.9. The average molecular weight is 580 g/mol. The van der Waals surface area contributed by atoms with Crippen LogP contribution in [0.25, 0.3) is 21.8 Å². The maximum absolute atomic E-state index is 14.0. The Bertz CT molecular complexity index is 1690. The third-order valence-electron chi connectivity index (χ3n) is 8.09. The first-order chi connectivity index (χ1) is 21.2. The molecule has 0 atom stereocenters. The number of nitrogens with one attached hydrogen (secondary N) is 3. The van der Waals surface area contributed by atoms with Crippen molar-refractivity contribution >= 4 is 33.6 Å². The molecule has 0 saturated carbocycles. The fraction of sp³-hybridized carbons (Fsp3) is 0.333. The molecule has 1 aliphatic rings. The van der Waals surface area contributed by atoms with Gasteiger partial charge < -0.3 is 24.9 Å². The van der Waals surface area contributed by atoms with Crippen molar-refractivity contribution in [2.45, 2.75) is 19.3 Å². The van der Waals surface area contributed by atoms with Crippen LogP contribution in [-0.4, -0.2) is 94.0 Å². The lowest BCUT2D eigenvalue weighted by molar-refractivity contribution is 0.0357. The maximum atomic E-state index is 14.0. The Kier molecular flexibility index (Phi) is 9.05. The van der Waals surface area contributed by atoms with Crippen molar-refractivity contribution in [3.8, 4) is 0 Å². The van der Waals surface area contributed by atoms with E-state index in [0.717, 1.165) is 72.2 Å². The molecule has 1 aliphatic heterocycles. The summed E-state index contributed by atoms with van der Waals surface area (Å²) in [6.45, 7) is 5.62. The van der Waals surface area contributed by atoms with Gasteiger partial charge in [-0.15, -0.1) is 0 Å². The molecular weight excluding hydrogens is 542 g/mol. The minimum absolute atomic E-state index is 0.0525. The Morgan fingerprint density at radius 2 is 1.47 bits per heavy atom. The first-order valence-corrected chi connectivity index (χ1v) is 15.0. The second kappa shape index (κ2) is 13.6. The van der Waals surface area contributed by atoms with Crippen LogP contribution in [-0.2, 0) is 17.6 Å². The molecule has 0 radical (unpaired) electrons.